The van der Waals surface area contributed by atoms with Crippen LogP contribution in [0.15, 0.2) is 0 Å². The van der Waals surface area contributed by atoms with Gasteiger partial charge >= 0.3 is 6.03 Å². The minimum absolute atomic E-state index is 0.0316. The SMILES string of the molecule is CCCNC(=O)NCC(=O)C(C)(C)C. The third kappa shape index (κ3) is 5.56. The van der Waals surface area contributed by atoms with Crippen molar-refractivity contribution in [1.82, 2.24) is 10.6 Å². The van der Waals surface area contributed by atoms with Crippen LogP contribution in [0.5, 0.6) is 0 Å². The minimum atomic E-state index is -0.391. The Hall–Kier alpha value is -1.06. The van der Waals surface area contributed by atoms with Gasteiger partial charge in [0.15, 0.2) is 5.78 Å². The Bertz CT molecular complexity index is 207. The minimum Gasteiger partial charge on any atom is -0.338 e. The third-order valence-electron chi connectivity index (χ3n) is 1.78. The van der Waals surface area contributed by atoms with E-state index in [1.54, 1.807) is 0 Å². The average Bonchev–Trinajstić information content (AvgIpc) is 2.09. The van der Waals surface area contributed by atoms with Crippen LogP contribution in [0, 0.1) is 5.41 Å². The van der Waals surface area contributed by atoms with Crippen molar-refractivity contribution >= 4 is 11.8 Å². The van der Waals surface area contributed by atoms with Gasteiger partial charge in [-0.15, -0.1) is 0 Å². The van der Waals surface area contributed by atoms with Crippen LogP contribution in [0.4, 0.5) is 4.79 Å². The summed E-state index contributed by atoms with van der Waals surface area (Å²) in [5.74, 6) is 0.0316. The molecule has 0 rings (SSSR count). The molecule has 0 bridgehead atoms. The van der Waals surface area contributed by atoms with E-state index in [1.165, 1.54) is 0 Å². The zero-order valence-electron chi connectivity index (χ0n) is 9.44. The number of rotatable bonds is 4. The second-order valence-electron chi connectivity index (χ2n) is 4.28. The lowest BCUT2D eigenvalue weighted by atomic mass is 9.91. The van der Waals surface area contributed by atoms with E-state index in [-0.39, 0.29) is 18.4 Å². The molecule has 0 saturated heterocycles. The Labute approximate surface area is 85.4 Å². The Kier molecular flexibility index (Phi) is 5.20. The maximum Gasteiger partial charge on any atom is 0.315 e. The lowest BCUT2D eigenvalue weighted by molar-refractivity contribution is -0.125. The average molecular weight is 200 g/mol. The molecule has 4 nitrogen and oxygen atoms in total. The van der Waals surface area contributed by atoms with E-state index >= 15 is 0 Å². The van der Waals surface area contributed by atoms with E-state index in [0.29, 0.717) is 6.54 Å². The van der Waals surface area contributed by atoms with Crippen LogP contribution in [0.2, 0.25) is 0 Å². The van der Waals surface area contributed by atoms with Gasteiger partial charge < -0.3 is 10.6 Å². The molecule has 0 radical (unpaired) electrons. The van der Waals surface area contributed by atoms with Gasteiger partial charge in [0.2, 0.25) is 0 Å². The first kappa shape index (κ1) is 12.9. The van der Waals surface area contributed by atoms with Gasteiger partial charge in [-0.1, -0.05) is 27.7 Å². The van der Waals surface area contributed by atoms with E-state index in [0.717, 1.165) is 6.42 Å². The highest BCUT2D eigenvalue weighted by molar-refractivity contribution is 5.88. The molecule has 0 unspecified atom stereocenters. The number of urea groups is 1. The smallest absolute Gasteiger partial charge is 0.315 e. The van der Waals surface area contributed by atoms with Gasteiger partial charge in [-0.2, -0.15) is 0 Å². The van der Waals surface area contributed by atoms with Crippen molar-refractivity contribution in [2.75, 3.05) is 13.1 Å². The van der Waals surface area contributed by atoms with Crippen LogP contribution in [-0.2, 0) is 4.79 Å². The Morgan fingerprint density at radius 1 is 1.14 bits per heavy atom. The van der Waals surface area contributed by atoms with Crippen LogP contribution in [0.3, 0.4) is 0 Å². The molecule has 0 fully saturated rings. The number of amides is 2. The van der Waals surface area contributed by atoms with Crippen LogP contribution in [0.1, 0.15) is 34.1 Å². The Morgan fingerprint density at radius 2 is 1.71 bits per heavy atom. The molecule has 2 N–H and O–H groups in total. The molecule has 0 aliphatic rings. The number of Topliss-reactive ketones (excluding diaryl/α,β-unsaturated/α-hetero) is 1. The first-order valence-corrected chi connectivity index (χ1v) is 4.93. The molecule has 0 spiro atoms. The molecule has 82 valence electrons. The summed E-state index contributed by atoms with van der Waals surface area (Å²) in [5, 5.41) is 5.16. The summed E-state index contributed by atoms with van der Waals surface area (Å²) in [4.78, 5) is 22.5. The second-order valence-corrected chi connectivity index (χ2v) is 4.28. The van der Waals surface area contributed by atoms with Crippen LogP contribution in [0.25, 0.3) is 0 Å². The van der Waals surface area contributed by atoms with Gasteiger partial charge in [0.25, 0.3) is 0 Å². The predicted octanol–water partition coefficient (Wildman–Crippen LogP) is 1.31. The number of carbonyl (C=O) groups excluding carboxylic acids is 2. The number of hydrogen-bond donors (Lipinski definition) is 2. The topological polar surface area (TPSA) is 58.2 Å². The van der Waals surface area contributed by atoms with Crippen molar-refractivity contribution in [1.29, 1.82) is 0 Å². The van der Waals surface area contributed by atoms with E-state index < -0.39 is 5.41 Å². The number of hydrogen-bond acceptors (Lipinski definition) is 2. The summed E-state index contributed by atoms with van der Waals surface area (Å²) in [6, 6.07) is -0.274. The molecule has 0 aliphatic carbocycles. The van der Waals surface area contributed by atoms with Crippen molar-refractivity contribution < 1.29 is 9.59 Å². The first-order chi connectivity index (χ1) is 6.38. The second kappa shape index (κ2) is 5.62. The molecule has 0 aromatic carbocycles. The van der Waals surface area contributed by atoms with Gasteiger partial charge in [-0.05, 0) is 6.42 Å². The molecule has 0 heterocycles. The number of nitrogens with one attached hydrogen (secondary N) is 2. The van der Waals surface area contributed by atoms with Gasteiger partial charge in [0, 0.05) is 12.0 Å². The quantitative estimate of drug-likeness (QED) is 0.719. The highest BCUT2D eigenvalue weighted by Gasteiger charge is 2.20. The van der Waals surface area contributed by atoms with Crippen molar-refractivity contribution in [2.45, 2.75) is 34.1 Å². The standard InChI is InChI=1S/C10H20N2O2/c1-5-6-11-9(14)12-7-8(13)10(2,3)4/h5-7H2,1-4H3,(H2,11,12,14). The lowest BCUT2D eigenvalue weighted by Gasteiger charge is -2.16. The normalized spacial score (nSPS) is 10.9. The summed E-state index contributed by atoms with van der Waals surface area (Å²) in [7, 11) is 0. The summed E-state index contributed by atoms with van der Waals surface area (Å²) >= 11 is 0. The molecule has 0 atom stereocenters. The van der Waals surface area contributed by atoms with E-state index in [4.69, 9.17) is 0 Å². The summed E-state index contributed by atoms with van der Waals surface area (Å²) in [6.07, 6.45) is 0.890. The number of ketones is 1. The maximum absolute atomic E-state index is 11.4. The molecule has 0 saturated carbocycles. The summed E-state index contributed by atoms with van der Waals surface area (Å²) in [5.41, 5.74) is -0.391. The summed E-state index contributed by atoms with van der Waals surface area (Å²) < 4.78 is 0. The molecular formula is C10H20N2O2. The van der Waals surface area contributed by atoms with Crippen molar-refractivity contribution in [3.8, 4) is 0 Å². The highest BCUT2D eigenvalue weighted by Crippen LogP contribution is 2.13. The molecule has 0 aromatic heterocycles. The maximum atomic E-state index is 11.4. The summed E-state index contributed by atoms with van der Waals surface area (Å²) in [6.45, 7) is 8.21. The first-order valence-electron chi connectivity index (χ1n) is 4.93. The van der Waals surface area contributed by atoms with Gasteiger partial charge in [-0.3, -0.25) is 4.79 Å². The monoisotopic (exact) mass is 200 g/mol. The molecule has 2 amide bonds. The van der Waals surface area contributed by atoms with Crippen LogP contribution < -0.4 is 10.6 Å². The van der Waals surface area contributed by atoms with E-state index in [9.17, 15) is 9.59 Å². The van der Waals surface area contributed by atoms with Crippen molar-refractivity contribution in [3.63, 3.8) is 0 Å². The fourth-order valence-electron chi connectivity index (χ4n) is 0.727. The third-order valence-corrected chi connectivity index (χ3v) is 1.78. The molecule has 14 heavy (non-hydrogen) atoms. The Morgan fingerprint density at radius 3 is 2.14 bits per heavy atom. The fourth-order valence-corrected chi connectivity index (χ4v) is 0.727. The lowest BCUT2D eigenvalue weighted by Crippen LogP contribution is -2.41. The van der Waals surface area contributed by atoms with Gasteiger partial charge in [0.1, 0.15) is 0 Å². The molecule has 4 heteroatoms. The fraction of sp³-hybridized carbons (Fsp3) is 0.800. The van der Waals surface area contributed by atoms with Crippen molar-refractivity contribution in [2.24, 2.45) is 5.41 Å². The zero-order chi connectivity index (χ0) is 11.2. The highest BCUT2D eigenvalue weighted by atomic mass is 16.2. The Balaban J connectivity index is 3.73. The predicted molar refractivity (Wildman–Crippen MR) is 56.2 cm³/mol. The molecule has 0 aromatic rings. The van der Waals surface area contributed by atoms with Gasteiger partial charge in [0.05, 0.1) is 6.54 Å². The number of carbonyl (C=O) groups is 2. The van der Waals surface area contributed by atoms with E-state index in [1.807, 2.05) is 27.7 Å². The molecule has 0 aliphatic heterocycles. The van der Waals surface area contributed by atoms with Crippen molar-refractivity contribution in [3.05, 3.63) is 0 Å². The van der Waals surface area contributed by atoms with Crippen LogP contribution in [-0.4, -0.2) is 24.9 Å². The van der Waals surface area contributed by atoms with E-state index in [2.05, 4.69) is 10.6 Å². The molecular weight excluding hydrogens is 180 g/mol. The zero-order valence-corrected chi connectivity index (χ0v) is 9.44. The van der Waals surface area contributed by atoms with Crippen LogP contribution >= 0.6 is 0 Å². The largest absolute Gasteiger partial charge is 0.338 e. The van der Waals surface area contributed by atoms with Gasteiger partial charge in [-0.25, -0.2) is 4.79 Å².